The molecule has 4 heteroatoms. The summed E-state index contributed by atoms with van der Waals surface area (Å²) in [5.41, 5.74) is -0.232. The Morgan fingerprint density at radius 1 is 1.10 bits per heavy atom. The van der Waals surface area contributed by atoms with Gasteiger partial charge in [0.05, 0.1) is 5.60 Å². The molecule has 0 aliphatic carbocycles. The Bertz CT molecular complexity index is 311. The minimum absolute atomic E-state index is 0.152. The van der Waals surface area contributed by atoms with Gasteiger partial charge in [0, 0.05) is 19.6 Å². The topological polar surface area (TPSA) is 32.8 Å². The summed E-state index contributed by atoms with van der Waals surface area (Å²) in [6.45, 7) is 11.8. The van der Waals surface area contributed by atoms with Crippen LogP contribution < -0.4 is 0 Å². The van der Waals surface area contributed by atoms with Gasteiger partial charge in [0.15, 0.2) is 0 Å². The zero-order valence-corrected chi connectivity index (χ0v) is 13.4. The Balaban J connectivity index is 1.66. The van der Waals surface area contributed by atoms with E-state index in [1.807, 2.05) is 25.7 Å². The van der Waals surface area contributed by atoms with Gasteiger partial charge in [-0.3, -0.25) is 4.79 Å². The lowest BCUT2D eigenvalue weighted by Gasteiger charge is -2.34. The number of hydrogen-bond donors (Lipinski definition) is 0. The quantitative estimate of drug-likeness (QED) is 0.792. The van der Waals surface area contributed by atoms with Crippen LogP contribution in [0.2, 0.25) is 0 Å². The van der Waals surface area contributed by atoms with Gasteiger partial charge in [0.25, 0.3) is 0 Å². The molecule has 2 saturated heterocycles. The average Bonchev–Trinajstić information content (AvgIpc) is 2.89. The molecule has 0 aromatic heterocycles. The smallest absolute Gasteiger partial charge is 0.248 e. The highest BCUT2D eigenvalue weighted by Gasteiger charge is 2.25. The van der Waals surface area contributed by atoms with Crippen molar-refractivity contribution in [2.75, 3.05) is 39.3 Å². The second kappa shape index (κ2) is 6.90. The number of ether oxygens (including phenoxy) is 1. The van der Waals surface area contributed by atoms with Crippen LogP contribution in [0.3, 0.4) is 0 Å². The number of carbonyl (C=O) groups excluding carboxylic acids is 1. The first-order chi connectivity index (χ1) is 9.44. The second-order valence-corrected chi connectivity index (χ2v) is 7.23. The normalized spacial score (nSPS) is 22.4. The van der Waals surface area contributed by atoms with E-state index < -0.39 is 0 Å². The highest BCUT2D eigenvalue weighted by Crippen LogP contribution is 2.21. The van der Waals surface area contributed by atoms with Crippen LogP contribution >= 0.6 is 0 Å². The predicted octanol–water partition coefficient (Wildman–Crippen LogP) is 2.14. The lowest BCUT2D eigenvalue weighted by atomic mass is 9.96. The number of rotatable bonds is 4. The van der Waals surface area contributed by atoms with Crippen LogP contribution in [-0.4, -0.2) is 60.6 Å². The maximum Gasteiger partial charge on any atom is 0.248 e. The average molecular weight is 282 g/mol. The summed E-state index contributed by atoms with van der Waals surface area (Å²) in [5.74, 6) is 0.931. The molecule has 0 N–H and O–H groups in total. The Hall–Kier alpha value is -0.610. The summed E-state index contributed by atoms with van der Waals surface area (Å²) in [4.78, 5) is 16.7. The molecule has 2 rings (SSSR count). The molecule has 1 amide bonds. The molecular formula is C16H30N2O2. The summed E-state index contributed by atoms with van der Waals surface area (Å²) in [6, 6.07) is 0. The van der Waals surface area contributed by atoms with E-state index in [1.165, 1.54) is 32.5 Å². The van der Waals surface area contributed by atoms with Gasteiger partial charge in [-0.15, -0.1) is 0 Å². The molecule has 2 aliphatic heterocycles. The predicted molar refractivity (Wildman–Crippen MR) is 80.7 cm³/mol. The number of piperidine rings is 1. The fraction of sp³-hybridized carbons (Fsp3) is 0.938. The van der Waals surface area contributed by atoms with Crippen molar-refractivity contribution in [2.24, 2.45) is 5.92 Å². The third-order valence-electron chi connectivity index (χ3n) is 4.31. The third-order valence-corrected chi connectivity index (χ3v) is 4.31. The number of likely N-dealkylation sites (tertiary alicyclic amines) is 2. The Morgan fingerprint density at radius 3 is 2.25 bits per heavy atom. The lowest BCUT2D eigenvalue weighted by molar-refractivity contribution is -0.142. The third kappa shape index (κ3) is 5.06. The molecule has 20 heavy (non-hydrogen) atoms. The number of carbonyl (C=O) groups is 1. The molecule has 4 nitrogen and oxygen atoms in total. The van der Waals surface area contributed by atoms with Gasteiger partial charge in [0.2, 0.25) is 5.91 Å². The molecular weight excluding hydrogens is 252 g/mol. The van der Waals surface area contributed by atoms with Crippen molar-refractivity contribution in [3.8, 4) is 0 Å². The molecule has 0 bridgehead atoms. The number of hydrogen-bond acceptors (Lipinski definition) is 3. The van der Waals surface area contributed by atoms with E-state index in [1.54, 1.807) is 0 Å². The molecule has 0 spiro atoms. The minimum Gasteiger partial charge on any atom is -0.366 e. The molecule has 2 heterocycles. The van der Waals surface area contributed by atoms with Gasteiger partial charge in [-0.2, -0.15) is 0 Å². The van der Waals surface area contributed by atoms with E-state index >= 15 is 0 Å². The monoisotopic (exact) mass is 282 g/mol. The van der Waals surface area contributed by atoms with Gasteiger partial charge < -0.3 is 14.5 Å². The summed E-state index contributed by atoms with van der Waals surface area (Å²) in [7, 11) is 0. The van der Waals surface area contributed by atoms with E-state index in [4.69, 9.17) is 4.74 Å². The van der Waals surface area contributed by atoms with Crippen molar-refractivity contribution in [3.63, 3.8) is 0 Å². The molecule has 0 radical (unpaired) electrons. The molecule has 0 saturated carbocycles. The number of nitrogens with zero attached hydrogens (tertiary/aromatic N) is 2. The highest BCUT2D eigenvalue weighted by molar-refractivity contribution is 5.77. The molecule has 0 unspecified atom stereocenters. The first-order valence-electron chi connectivity index (χ1n) is 8.08. The van der Waals surface area contributed by atoms with Crippen LogP contribution in [-0.2, 0) is 9.53 Å². The van der Waals surface area contributed by atoms with Gasteiger partial charge in [-0.25, -0.2) is 0 Å². The van der Waals surface area contributed by atoms with Crippen molar-refractivity contribution < 1.29 is 9.53 Å². The van der Waals surface area contributed by atoms with Gasteiger partial charge >= 0.3 is 0 Å². The van der Waals surface area contributed by atoms with Crippen LogP contribution in [0.15, 0.2) is 0 Å². The molecule has 2 fully saturated rings. The van der Waals surface area contributed by atoms with Gasteiger partial charge in [-0.05, 0) is 65.5 Å². The first kappa shape index (κ1) is 15.8. The Kier molecular flexibility index (Phi) is 5.44. The van der Waals surface area contributed by atoms with Crippen molar-refractivity contribution in [1.29, 1.82) is 0 Å². The van der Waals surface area contributed by atoms with Crippen molar-refractivity contribution in [2.45, 2.75) is 52.1 Å². The summed E-state index contributed by atoms with van der Waals surface area (Å²) < 4.78 is 5.58. The van der Waals surface area contributed by atoms with Crippen molar-refractivity contribution >= 4 is 5.91 Å². The zero-order chi connectivity index (χ0) is 14.6. The molecule has 2 aliphatic rings. The molecule has 0 aromatic rings. The first-order valence-corrected chi connectivity index (χ1v) is 8.08. The fourth-order valence-corrected chi connectivity index (χ4v) is 3.06. The van der Waals surface area contributed by atoms with E-state index in [-0.39, 0.29) is 18.1 Å². The lowest BCUT2D eigenvalue weighted by Crippen LogP contribution is -2.43. The second-order valence-electron chi connectivity index (χ2n) is 7.23. The molecule has 116 valence electrons. The summed E-state index contributed by atoms with van der Waals surface area (Å²) in [6.07, 6.45) is 5.03. The Morgan fingerprint density at radius 2 is 1.70 bits per heavy atom. The standard InChI is InChI=1S/C16H30N2O2/c1-16(2,3)20-13-15(19)18-10-6-14(7-11-18)12-17-8-4-5-9-17/h14H,4-13H2,1-3H3. The van der Waals surface area contributed by atoms with Crippen LogP contribution in [0.1, 0.15) is 46.5 Å². The summed E-state index contributed by atoms with van der Waals surface area (Å²) >= 11 is 0. The van der Waals surface area contributed by atoms with Crippen LogP contribution in [0.4, 0.5) is 0 Å². The Labute approximate surface area is 123 Å². The SMILES string of the molecule is CC(C)(C)OCC(=O)N1CCC(CN2CCCC2)CC1. The van der Waals surface area contributed by atoms with E-state index in [0.717, 1.165) is 31.8 Å². The maximum absolute atomic E-state index is 12.1. The molecule has 0 aromatic carbocycles. The van der Waals surface area contributed by atoms with E-state index in [0.29, 0.717) is 0 Å². The minimum atomic E-state index is -0.232. The van der Waals surface area contributed by atoms with Crippen molar-refractivity contribution in [1.82, 2.24) is 9.80 Å². The van der Waals surface area contributed by atoms with Gasteiger partial charge in [-0.1, -0.05) is 0 Å². The van der Waals surface area contributed by atoms with E-state index in [2.05, 4.69) is 4.90 Å². The van der Waals surface area contributed by atoms with Crippen LogP contribution in [0.5, 0.6) is 0 Å². The summed E-state index contributed by atoms with van der Waals surface area (Å²) in [5, 5.41) is 0. The van der Waals surface area contributed by atoms with E-state index in [9.17, 15) is 4.79 Å². The largest absolute Gasteiger partial charge is 0.366 e. The highest BCUT2D eigenvalue weighted by atomic mass is 16.5. The fourth-order valence-electron chi connectivity index (χ4n) is 3.06. The number of amides is 1. The van der Waals surface area contributed by atoms with Crippen LogP contribution in [0, 0.1) is 5.92 Å². The zero-order valence-electron chi connectivity index (χ0n) is 13.4. The van der Waals surface area contributed by atoms with Gasteiger partial charge in [0.1, 0.15) is 6.61 Å². The maximum atomic E-state index is 12.1. The van der Waals surface area contributed by atoms with Crippen LogP contribution in [0.25, 0.3) is 0 Å². The van der Waals surface area contributed by atoms with Crippen molar-refractivity contribution in [3.05, 3.63) is 0 Å². The molecule has 0 atom stereocenters.